The third-order valence-electron chi connectivity index (χ3n) is 3.15. The largest absolute Gasteiger partial charge is 0.481 e. The van der Waals surface area contributed by atoms with Gasteiger partial charge in [0.2, 0.25) is 0 Å². The summed E-state index contributed by atoms with van der Waals surface area (Å²) in [5, 5.41) is 11.6. The Labute approximate surface area is 112 Å². The molecule has 0 aliphatic rings. The monoisotopic (exact) mass is 269 g/mol. The van der Waals surface area contributed by atoms with Crippen LogP contribution in [0.4, 0.5) is 10.2 Å². The highest BCUT2D eigenvalue weighted by Crippen LogP contribution is 2.17. The highest BCUT2D eigenvalue weighted by molar-refractivity contribution is 5.66. The third-order valence-corrected chi connectivity index (χ3v) is 3.15. The van der Waals surface area contributed by atoms with Crippen LogP contribution in [0.15, 0.2) is 6.33 Å². The van der Waals surface area contributed by atoms with Crippen molar-refractivity contribution in [1.82, 2.24) is 9.97 Å². The van der Waals surface area contributed by atoms with E-state index in [2.05, 4.69) is 15.3 Å². The number of carboxylic acids is 1. The summed E-state index contributed by atoms with van der Waals surface area (Å²) in [4.78, 5) is 18.1. The number of carbonyl (C=O) groups is 1. The second-order valence-corrected chi connectivity index (χ2v) is 4.54. The van der Waals surface area contributed by atoms with Gasteiger partial charge in [0, 0.05) is 13.0 Å². The predicted molar refractivity (Wildman–Crippen MR) is 70.5 cm³/mol. The maximum Gasteiger partial charge on any atom is 0.303 e. The van der Waals surface area contributed by atoms with Crippen molar-refractivity contribution >= 4 is 11.8 Å². The smallest absolute Gasteiger partial charge is 0.303 e. The quantitative estimate of drug-likeness (QED) is 0.758. The lowest BCUT2D eigenvalue weighted by atomic mass is 9.97. The van der Waals surface area contributed by atoms with Crippen LogP contribution in [0.5, 0.6) is 0 Å². The van der Waals surface area contributed by atoms with Gasteiger partial charge in [-0.2, -0.15) is 0 Å². The number of nitrogens with zero attached hydrogens (tertiary/aromatic N) is 2. The average Bonchev–Trinajstić information content (AvgIpc) is 2.38. The molecule has 19 heavy (non-hydrogen) atoms. The zero-order valence-corrected chi connectivity index (χ0v) is 11.3. The number of rotatable bonds is 8. The summed E-state index contributed by atoms with van der Waals surface area (Å²) in [5.41, 5.74) is 0.315. The fourth-order valence-electron chi connectivity index (χ4n) is 1.86. The molecule has 5 nitrogen and oxygen atoms in total. The summed E-state index contributed by atoms with van der Waals surface area (Å²) in [5.74, 6) is -0.667. The number of anilines is 1. The molecule has 2 N–H and O–H groups in total. The highest BCUT2D eigenvalue weighted by Gasteiger charge is 2.10. The number of hydrogen-bond donors (Lipinski definition) is 2. The van der Waals surface area contributed by atoms with E-state index in [0.717, 1.165) is 12.8 Å². The van der Waals surface area contributed by atoms with Gasteiger partial charge >= 0.3 is 5.97 Å². The normalized spacial score (nSPS) is 12.2. The molecule has 1 rings (SSSR count). The number of aromatic nitrogens is 2. The van der Waals surface area contributed by atoms with Crippen LogP contribution in [0.1, 0.15) is 38.3 Å². The minimum absolute atomic E-state index is 0.180. The SMILES string of the molecule is CCC(CCNc1ncnc(C)c1F)CCC(=O)O. The summed E-state index contributed by atoms with van der Waals surface area (Å²) in [6.45, 7) is 4.19. The molecule has 0 aliphatic carbocycles. The maximum absolute atomic E-state index is 13.6. The van der Waals surface area contributed by atoms with Crippen LogP contribution in [0.3, 0.4) is 0 Å². The zero-order valence-electron chi connectivity index (χ0n) is 11.3. The van der Waals surface area contributed by atoms with Crippen molar-refractivity contribution in [2.75, 3.05) is 11.9 Å². The van der Waals surface area contributed by atoms with Crippen LogP contribution < -0.4 is 5.32 Å². The molecule has 0 spiro atoms. The molecule has 1 aromatic heterocycles. The molecule has 0 aromatic carbocycles. The van der Waals surface area contributed by atoms with Crippen molar-refractivity contribution < 1.29 is 14.3 Å². The fourth-order valence-corrected chi connectivity index (χ4v) is 1.86. The van der Waals surface area contributed by atoms with Crippen LogP contribution in [-0.2, 0) is 4.79 Å². The molecule has 0 fully saturated rings. The summed E-state index contributed by atoms with van der Waals surface area (Å²) < 4.78 is 13.6. The standard InChI is InChI=1S/C13H20FN3O2/c1-3-10(4-5-11(18)19)6-7-15-13-12(14)9(2)16-8-17-13/h8,10H,3-7H2,1-2H3,(H,18,19)(H,15,16,17). The average molecular weight is 269 g/mol. The second kappa shape index (κ2) is 7.66. The van der Waals surface area contributed by atoms with Gasteiger partial charge in [0.05, 0.1) is 5.69 Å². The van der Waals surface area contributed by atoms with Crippen molar-refractivity contribution in [3.63, 3.8) is 0 Å². The molecule has 1 atom stereocenters. The molecule has 0 radical (unpaired) electrons. The molecule has 6 heteroatoms. The summed E-state index contributed by atoms with van der Waals surface area (Å²) in [7, 11) is 0. The first-order chi connectivity index (χ1) is 9.04. The fraction of sp³-hybridized carbons (Fsp3) is 0.615. The van der Waals surface area contributed by atoms with Crippen molar-refractivity contribution in [3.8, 4) is 0 Å². The van der Waals surface area contributed by atoms with E-state index < -0.39 is 11.8 Å². The Kier molecular flexibility index (Phi) is 6.18. The molecule has 1 unspecified atom stereocenters. The van der Waals surface area contributed by atoms with E-state index >= 15 is 0 Å². The minimum atomic E-state index is -0.774. The van der Waals surface area contributed by atoms with Crippen LogP contribution >= 0.6 is 0 Å². The molecule has 1 heterocycles. The second-order valence-electron chi connectivity index (χ2n) is 4.54. The molecule has 0 saturated carbocycles. The van der Waals surface area contributed by atoms with E-state index in [9.17, 15) is 9.18 Å². The topological polar surface area (TPSA) is 75.1 Å². The van der Waals surface area contributed by atoms with Gasteiger partial charge in [-0.15, -0.1) is 0 Å². The molecule has 0 bridgehead atoms. The molecule has 1 aromatic rings. The van der Waals surface area contributed by atoms with E-state index in [1.807, 2.05) is 6.92 Å². The molecule has 0 saturated heterocycles. The third kappa shape index (κ3) is 5.19. The Morgan fingerprint density at radius 3 is 2.84 bits per heavy atom. The van der Waals surface area contributed by atoms with Crippen LogP contribution in [-0.4, -0.2) is 27.6 Å². The Balaban J connectivity index is 2.39. The number of aryl methyl sites for hydroxylation is 1. The minimum Gasteiger partial charge on any atom is -0.481 e. The lowest BCUT2D eigenvalue weighted by molar-refractivity contribution is -0.137. The molecular weight excluding hydrogens is 249 g/mol. The molecule has 0 aliphatic heterocycles. The first-order valence-corrected chi connectivity index (χ1v) is 6.47. The number of hydrogen-bond acceptors (Lipinski definition) is 4. The maximum atomic E-state index is 13.6. The van der Waals surface area contributed by atoms with Gasteiger partial charge in [0.1, 0.15) is 6.33 Å². The Morgan fingerprint density at radius 1 is 1.47 bits per heavy atom. The van der Waals surface area contributed by atoms with Crippen LogP contribution in [0.2, 0.25) is 0 Å². The summed E-state index contributed by atoms with van der Waals surface area (Å²) >= 11 is 0. The van der Waals surface area contributed by atoms with Gasteiger partial charge in [-0.1, -0.05) is 13.3 Å². The molecular formula is C13H20FN3O2. The van der Waals surface area contributed by atoms with Crippen molar-refractivity contribution in [3.05, 3.63) is 17.8 Å². The van der Waals surface area contributed by atoms with Crippen LogP contribution in [0, 0.1) is 18.7 Å². The first kappa shape index (κ1) is 15.3. The van der Waals surface area contributed by atoms with Crippen molar-refractivity contribution in [2.45, 2.75) is 39.5 Å². The van der Waals surface area contributed by atoms with Crippen molar-refractivity contribution in [1.29, 1.82) is 0 Å². The van der Waals surface area contributed by atoms with Gasteiger partial charge in [-0.3, -0.25) is 4.79 Å². The lowest BCUT2D eigenvalue weighted by Crippen LogP contribution is -2.12. The zero-order chi connectivity index (χ0) is 14.3. The van der Waals surface area contributed by atoms with Gasteiger partial charge in [0.25, 0.3) is 0 Å². The van der Waals surface area contributed by atoms with E-state index in [1.165, 1.54) is 6.33 Å². The summed E-state index contributed by atoms with van der Waals surface area (Å²) in [6, 6.07) is 0. The van der Waals surface area contributed by atoms with Crippen molar-refractivity contribution in [2.24, 2.45) is 5.92 Å². The van der Waals surface area contributed by atoms with E-state index in [0.29, 0.717) is 24.6 Å². The highest BCUT2D eigenvalue weighted by atomic mass is 19.1. The van der Waals surface area contributed by atoms with Crippen LogP contribution in [0.25, 0.3) is 0 Å². The lowest BCUT2D eigenvalue weighted by Gasteiger charge is -2.14. The van der Waals surface area contributed by atoms with Gasteiger partial charge in [-0.05, 0) is 25.7 Å². The molecule has 0 amide bonds. The Morgan fingerprint density at radius 2 is 2.21 bits per heavy atom. The van der Waals surface area contributed by atoms with E-state index in [-0.39, 0.29) is 12.2 Å². The number of carboxylic acid groups (broad SMARTS) is 1. The molecule has 106 valence electrons. The van der Waals surface area contributed by atoms with E-state index in [1.54, 1.807) is 6.92 Å². The number of halogens is 1. The summed E-state index contributed by atoms with van der Waals surface area (Å²) in [6.07, 6.45) is 3.87. The first-order valence-electron chi connectivity index (χ1n) is 6.47. The Hall–Kier alpha value is -1.72. The number of nitrogens with one attached hydrogen (secondary N) is 1. The predicted octanol–water partition coefficient (Wildman–Crippen LogP) is 2.62. The van der Waals surface area contributed by atoms with Gasteiger partial charge < -0.3 is 10.4 Å². The Bertz CT molecular complexity index is 426. The van der Waals surface area contributed by atoms with Gasteiger partial charge in [0.15, 0.2) is 11.6 Å². The number of aliphatic carboxylic acids is 1. The van der Waals surface area contributed by atoms with E-state index in [4.69, 9.17) is 5.11 Å². The van der Waals surface area contributed by atoms with Gasteiger partial charge in [-0.25, -0.2) is 14.4 Å².